The number of ether oxygens (including phenoxy) is 2. The molecule has 2 aromatic rings. The minimum Gasteiger partial charge on any atom is -0.466 e. The van der Waals surface area contributed by atoms with Crippen LogP contribution in [0.2, 0.25) is 0 Å². The highest BCUT2D eigenvalue weighted by atomic mass is 19.1. The third-order valence-corrected chi connectivity index (χ3v) is 6.83. The molecule has 1 fully saturated rings. The number of carbonyl (C=O) groups is 1. The van der Waals surface area contributed by atoms with Crippen LogP contribution in [0.3, 0.4) is 0 Å². The summed E-state index contributed by atoms with van der Waals surface area (Å²) in [6.45, 7) is 9.69. The number of aryl methyl sites for hydroxylation is 3. The number of esters is 1. The van der Waals surface area contributed by atoms with Crippen molar-refractivity contribution < 1.29 is 23.8 Å². The molecule has 0 radical (unpaired) electrons. The number of benzene rings is 2. The Morgan fingerprint density at radius 3 is 2.77 bits per heavy atom. The maximum absolute atomic E-state index is 14.0. The molecule has 0 aliphatic carbocycles. The number of aliphatic hydroxyl groups excluding tert-OH is 1. The lowest BCUT2D eigenvalue weighted by Gasteiger charge is -2.28. The molecule has 0 bridgehead atoms. The van der Waals surface area contributed by atoms with Gasteiger partial charge in [0.05, 0.1) is 25.4 Å². The Morgan fingerprint density at radius 2 is 2.03 bits per heavy atom. The van der Waals surface area contributed by atoms with E-state index in [0.717, 1.165) is 48.1 Å². The molecule has 1 aliphatic heterocycles. The quantitative estimate of drug-likeness (QED) is 0.425. The number of aliphatic hydroxyl groups is 1. The van der Waals surface area contributed by atoms with E-state index in [1.807, 2.05) is 45.0 Å². The molecule has 192 valence electrons. The van der Waals surface area contributed by atoms with E-state index in [1.54, 1.807) is 13.0 Å². The predicted molar refractivity (Wildman–Crippen MR) is 136 cm³/mol. The summed E-state index contributed by atoms with van der Waals surface area (Å²) in [4.78, 5) is 14.1. The standard InChI is InChI=1S/C29H40FNO4/c1-5-34-29(33)13-12-24-11-8-20(2)15-27(24)22(4)35-19-26(32)18-31-14-6-7-25(31)16-23-10-9-21(3)28(30)17-23/h8-11,15,17,22,25-26,32H,5-7,12-14,16,18-19H2,1-4H3/t22?,25?,26-/m1/s1. The zero-order valence-electron chi connectivity index (χ0n) is 21.6. The van der Waals surface area contributed by atoms with E-state index in [0.29, 0.717) is 37.6 Å². The highest BCUT2D eigenvalue weighted by Crippen LogP contribution is 2.26. The van der Waals surface area contributed by atoms with Crippen molar-refractivity contribution in [3.05, 3.63) is 70.0 Å². The van der Waals surface area contributed by atoms with Crippen molar-refractivity contribution in [1.29, 1.82) is 0 Å². The fourth-order valence-corrected chi connectivity index (χ4v) is 4.86. The molecule has 0 aromatic heterocycles. The van der Waals surface area contributed by atoms with Gasteiger partial charge in [-0.05, 0) is 88.2 Å². The van der Waals surface area contributed by atoms with Crippen LogP contribution < -0.4 is 0 Å². The van der Waals surface area contributed by atoms with Crippen LogP contribution in [0.4, 0.5) is 4.39 Å². The lowest BCUT2D eigenvalue weighted by molar-refractivity contribution is -0.143. The number of β-amino-alcohol motifs (C(OH)–C–C–N with tert-alkyl or cyclic N) is 1. The van der Waals surface area contributed by atoms with Crippen LogP contribution in [0.15, 0.2) is 36.4 Å². The Morgan fingerprint density at radius 1 is 1.23 bits per heavy atom. The molecule has 0 spiro atoms. The second-order valence-electron chi connectivity index (χ2n) is 9.72. The summed E-state index contributed by atoms with van der Waals surface area (Å²) in [5, 5.41) is 10.7. The van der Waals surface area contributed by atoms with E-state index in [9.17, 15) is 14.3 Å². The van der Waals surface area contributed by atoms with Crippen molar-refractivity contribution in [2.45, 2.75) is 78.0 Å². The number of carbonyl (C=O) groups excluding carboxylic acids is 1. The van der Waals surface area contributed by atoms with Crippen molar-refractivity contribution in [3.63, 3.8) is 0 Å². The summed E-state index contributed by atoms with van der Waals surface area (Å²) in [7, 11) is 0. The van der Waals surface area contributed by atoms with Crippen LogP contribution in [0.5, 0.6) is 0 Å². The topological polar surface area (TPSA) is 59.0 Å². The molecule has 2 aromatic carbocycles. The summed E-state index contributed by atoms with van der Waals surface area (Å²) in [5.41, 5.74) is 4.90. The van der Waals surface area contributed by atoms with Gasteiger partial charge in [0.1, 0.15) is 5.82 Å². The average Bonchev–Trinajstić information content (AvgIpc) is 3.25. The second-order valence-corrected chi connectivity index (χ2v) is 9.72. The summed E-state index contributed by atoms with van der Waals surface area (Å²) in [6, 6.07) is 11.9. The molecule has 3 atom stereocenters. The minimum atomic E-state index is -0.611. The van der Waals surface area contributed by atoms with Crippen molar-refractivity contribution in [1.82, 2.24) is 4.90 Å². The zero-order chi connectivity index (χ0) is 25.4. The molecule has 35 heavy (non-hydrogen) atoms. The van der Waals surface area contributed by atoms with E-state index in [2.05, 4.69) is 11.0 Å². The van der Waals surface area contributed by atoms with Gasteiger partial charge in [-0.25, -0.2) is 4.39 Å². The Kier molecular flexibility index (Phi) is 10.3. The highest BCUT2D eigenvalue weighted by Gasteiger charge is 2.27. The van der Waals surface area contributed by atoms with Gasteiger partial charge in [0, 0.05) is 19.0 Å². The summed E-state index contributed by atoms with van der Waals surface area (Å²) < 4.78 is 25.1. The Balaban J connectivity index is 1.53. The SMILES string of the molecule is CCOC(=O)CCc1ccc(C)cc1C(C)OC[C@H](O)CN1CCCC1Cc1ccc(C)c(F)c1. The smallest absolute Gasteiger partial charge is 0.306 e. The largest absolute Gasteiger partial charge is 0.466 e. The summed E-state index contributed by atoms with van der Waals surface area (Å²) >= 11 is 0. The average molecular weight is 486 g/mol. The molecule has 5 nitrogen and oxygen atoms in total. The van der Waals surface area contributed by atoms with Crippen molar-refractivity contribution in [2.24, 2.45) is 0 Å². The molecule has 0 saturated carbocycles. The van der Waals surface area contributed by atoms with E-state index in [-0.39, 0.29) is 24.5 Å². The van der Waals surface area contributed by atoms with Crippen LogP contribution in [0.25, 0.3) is 0 Å². The zero-order valence-corrected chi connectivity index (χ0v) is 21.6. The number of rotatable bonds is 12. The van der Waals surface area contributed by atoms with Gasteiger partial charge >= 0.3 is 5.97 Å². The van der Waals surface area contributed by atoms with Crippen molar-refractivity contribution >= 4 is 5.97 Å². The van der Waals surface area contributed by atoms with Crippen LogP contribution in [-0.2, 0) is 27.1 Å². The van der Waals surface area contributed by atoms with Crippen LogP contribution in [0.1, 0.15) is 67.0 Å². The van der Waals surface area contributed by atoms with Crippen molar-refractivity contribution in [2.75, 3.05) is 26.3 Å². The second kappa shape index (κ2) is 13.1. The monoisotopic (exact) mass is 485 g/mol. The Bertz CT molecular complexity index is 979. The molecule has 6 heteroatoms. The molecule has 0 amide bonds. The molecule has 1 aliphatic rings. The molecular weight excluding hydrogens is 445 g/mol. The first-order chi connectivity index (χ1) is 16.8. The lowest BCUT2D eigenvalue weighted by Crippen LogP contribution is -2.39. The number of hydrogen-bond donors (Lipinski definition) is 1. The maximum Gasteiger partial charge on any atom is 0.306 e. The van der Waals surface area contributed by atoms with Gasteiger partial charge in [0.25, 0.3) is 0 Å². The Labute approximate surface area is 209 Å². The van der Waals surface area contributed by atoms with Crippen molar-refractivity contribution in [3.8, 4) is 0 Å². The first-order valence-electron chi connectivity index (χ1n) is 12.8. The fourth-order valence-electron chi connectivity index (χ4n) is 4.86. The summed E-state index contributed by atoms with van der Waals surface area (Å²) in [6.07, 6.45) is 3.03. The van der Waals surface area contributed by atoms with Gasteiger partial charge in [0.2, 0.25) is 0 Å². The number of halogens is 1. The molecule has 1 N–H and O–H groups in total. The normalized spacial score (nSPS) is 17.9. The maximum atomic E-state index is 14.0. The van der Waals surface area contributed by atoms with E-state index < -0.39 is 6.10 Å². The third-order valence-electron chi connectivity index (χ3n) is 6.83. The van der Waals surface area contributed by atoms with Crippen LogP contribution in [0, 0.1) is 19.7 Å². The number of likely N-dealkylation sites (tertiary alicyclic amines) is 1. The van der Waals surface area contributed by atoms with Gasteiger partial charge < -0.3 is 14.6 Å². The van der Waals surface area contributed by atoms with Gasteiger partial charge in [-0.1, -0.05) is 35.9 Å². The molecule has 2 unspecified atom stereocenters. The predicted octanol–water partition coefficient (Wildman–Crippen LogP) is 5.08. The van der Waals surface area contributed by atoms with Gasteiger partial charge in [-0.15, -0.1) is 0 Å². The molecule has 3 rings (SSSR count). The van der Waals surface area contributed by atoms with Gasteiger partial charge in [0.15, 0.2) is 0 Å². The number of nitrogens with zero attached hydrogens (tertiary/aromatic N) is 1. The molecule has 1 saturated heterocycles. The van der Waals surface area contributed by atoms with Gasteiger partial charge in [-0.2, -0.15) is 0 Å². The fraction of sp³-hybridized carbons (Fsp3) is 0.552. The van der Waals surface area contributed by atoms with Gasteiger partial charge in [-0.3, -0.25) is 9.69 Å². The lowest BCUT2D eigenvalue weighted by atomic mass is 9.97. The van der Waals surface area contributed by atoms with Crippen LogP contribution >= 0.6 is 0 Å². The first kappa shape index (κ1) is 27.3. The van der Waals surface area contributed by atoms with E-state index in [4.69, 9.17) is 9.47 Å². The molecule has 1 heterocycles. The Hall–Kier alpha value is -2.28. The first-order valence-corrected chi connectivity index (χ1v) is 12.8. The summed E-state index contributed by atoms with van der Waals surface area (Å²) in [5.74, 6) is -0.358. The molecular formula is C29H40FNO4. The van der Waals surface area contributed by atoms with E-state index in [1.165, 1.54) is 0 Å². The minimum absolute atomic E-state index is 0.160. The van der Waals surface area contributed by atoms with E-state index >= 15 is 0 Å². The number of hydrogen-bond acceptors (Lipinski definition) is 5. The highest BCUT2D eigenvalue weighted by molar-refractivity contribution is 5.69. The third kappa shape index (κ3) is 8.13. The van der Waals surface area contributed by atoms with Crippen LogP contribution in [-0.4, -0.2) is 54.4 Å².